The second-order valence-corrected chi connectivity index (χ2v) is 6.47. The van der Waals surface area contributed by atoms with E-state index in [-0.39, 0.29) is 18.0 Å². The SMILES string of the molecule is O=C(c1ccc(-n2cccc2)cc1)N1CCC(N2CCOC2=O)CC1. The number of ether oxygens (including phenoxy) is 1. The highest BCUT2D eigenvalue weighted by Gasteiger charge is 2.33. The smallest absolute Gasteiger partial charge is 0.410 e. The summed E-state index contributed by atoms with van der Waals surface area (Å²) in [5.41, 5.74) is 1.74. The molecule has 25 heavy (non-hydrogen) atoms. The minimum absolute atomic E-state index is 0.0569. The highest BCUT2D eigenvalue weighted by atomic mass is 16.6. The average molecular weight is 339 g/mol. The Balaban J connectivity index is 1.38. The molecule has 2 fully saturated rings. The van der Waals surface area contributed by atoms with Crippen LogP contribution in [0.2, 0.25) is 0 Å². The van der Waals surface area contributed by atoms with E-state index in [9.17, 15) is 9.59 Å². The molecule has 2 aliphatic rings. The summed E-state index contributed by atoms with van der Waals surface area (Å²) in [7, 11) is 0. The molecule has 130 valence electrons. The number of benzene rings is 1. The van der Waals surface area contributed by atoms with Gasteiger partial charge in [0.1, 0.15) is 6.61 Å². The fourth-order valence-corrected chi connectivity index (χ4v) is 3.58. The number of rotatable bonds is 3. The largest absolute Gasteiger partial charge is 0.448 e. The maximum absolute atomic E-state index is 12.7. The number of amides is 2. The summed E-state index contributed by atoms with van der Waals surface area (Å²) in [6.07, 6.45) is 5.35. The quantitative estimate of drug-likeness (QED) is 0.863. The summed E-state index contributed by atoms with van der Waals surface area (Å²) >= 11 is 0. The first kappa shape index (κ1) is 15.7. The third-order valence-electron chi connectivity index (χ3n) is 5.00. The van der Waals surface area contributed by atoms with Crippen LogP contribution in [0.15, 0.2) is 48.8 Å². The predicted molar refractivity (Wildman–Crippen MR) is 92.7 cm³/mol. The molecule has 0 atom stereocenters. The summed E-state index contributed by atoms with van der Waals surface area (Å²) in [5, 5.41) is 0. The Bertz CT molecular complexity index is 747. The summed E-state index contributed by atoms with van der Waals surface area (Å²) in [6, 6.07) is 11.8. The summed E-state index contributed by atoms with van der Waals surface area (Å²) in [6.45, 7) is 2.49. The van der Waals surface area contributed by atoms with Gasteiger partial charge in [-0.3, -0.25) is 4.79 Å². The third-order valence-corrected chi connectivity index (χ3v) is 5.00. The fourth-order valence-electron chi connectivity index (χ4n) is 3.58. The van der Waals surface area contributed by atoms with Gasteiger partial charge in [-0.1, -0.05) is 0 Å². The number of aromatic nitrogens is 1. The van der Waals surface area contributed by atoms with Crippen LogP contribution in [0.4, 0.5) is 4.79 Å². The first-order chi connectivity index (χ1) is 12.2. The molecule has 3 heterocycles. The molecular formula is C19H21N3O3. The molecule has 0 unspecified atom stereocenters. The van der Waals surface area contributed by atoms with Crippen LogP contribution < -0.4 is 0 Å². The van der Waals surface area contributed by atoms with E-state index < -0.39 is 0 Å². The van der Waals surface area contributed by atoms with Crippen LogP contribution in [0, 0.1) is 0 Å². The predicted octanol–water partition coefficient (Wildman–Crippen LogP) is 2.53. The molecule has 0 aliphatic carbocycles. The minimum atomic E-state index is -0.217. The van der Waals surface area contributed by atoms with Gasteiger partial charge in [0.05, 0.1) is 6.54 Å². The van der Waals surface area contributed by atoms with Gasteiger partial charge in [0.2, 0.25) is 0 Å². The lowest BCUT2D eigenvalue weighted by Crippen LogP contribution is -2.47. The maximum Gasteiger partial charge on any atom is 0.410 e. The van der Waals surface area contributed by atoms with E-state index in [4.69, 9.17) is 4.74 Å². The van der Waals surface area contributed by atoms with E-state index in [2.05, 4.69) is 0 Å². The third kappa shape index (κ3) is 3.12. The monoisotopic (exact) mass is 339 g/mol. The van der Waals surface area contributed by atoms with Crippen LogP contribution in [0.3, 0.4) is 0 Å². The van der Waals surface area contributed by atoms with Gasteiger partial charge in [-0.25, -0.2) is 4.79 Å². The summed E-state index contributed by atoms with van der Waals surface area (Å²) in [5.74, 6) is 0.0569. The van der Waals surface area contributed by atoms with E-state index in [1.54, 1.807) is 4.90 Å². The number of carbonyl (C=O) groups is 2. The van der Waals surface area contributed by atoms with Gasteiger partial charge in [-0.15, -0.1) is 0 Å². The number of likely N-dealkylation sites (tertiary alicyclic amines) is 1. The number of carbonyl (C=O) groups excluding carboxylic acids is 2. The first-order valence-electron chi connectivity index (χ1n) is 8.68. The van der Waals surface area contributed by atoms with Crippen molar-refractivity contribution in [2.45, 2.75) is 18.9 Å². The van der Waals surface area contributed by atoms with Crippen LogP contribution in [0.1, 0.15) is 23.2 Å². The molecule has 1 aromatic heterocycles. The maximum atomic E-state index is 12.7. The number of cyclic esters (lactones) is 1. The first-order valence-corrected chi connectivity index (χ1v) is 8.68. The van der Waals surface area contributed by atoms with Gasteiger partial charge < -0.3 is 19.1 Å². The zero-order chi connectivity index (χ0) is 17.2. The average Bonchev–Trinajstić information content (AvgIpc) is 3.33. The summed E-state index contributed by atoms with van der Waals surface area (Å²) in [4.78, 5) is 28.0. The van der Waals surface area contributed by atoms with Gasteiger partial charge in [0.15, 0.2) is 0 Å². The van der Waals surface area contributed by atoms with Crippen LogP contribution in [0.5, 0.6) is 0 Å². The molecule has 6 heteroatoms. The van der Waals surface area contributed by atoms with Crippen molar-refractivity contribution in [2.75, 3.05) is 26.2 Å². The number of nitrogens with zero attached hydrogens (tertiary/aromatic N) is 3. The van der Waals surface area contributed by atoms with Gasteiger partial charge in [-0.05, 0) is 49.2 Å². The van der Waals surface area contributed by atoms with E-state index in [1.165, 1.54) is 0 Å². The molecule has 2 aromatic rings. The fraction of sp³-hybridized carbons (Fsp3) is 0.368. The molecule has 2 aliphatic heterocycles. The Morgan fingerprint density at radius 1 is 1.00 bits per heavy atom. The van der Waals surface area contributed by atoms with Gasteiger partial charge >= 0.3 is 6.09 Å². The normalized spacial score (nSPS) is 18.5. The second kappa shape index (κ2) is 6.63. The molecule has 0 bridgehead atoms. The number of hydrogen-bond donors (Lipinski definition) is 0. The molecule has 2 saturated heterocycles. The molecule has 0 spiro atoms. The van der Waals surface area contributed by atoms with Crippen molar-refractivity contribution >= 4 is 12.0 Å². The van der Waals surface area contributed by atoms with E-state index in [1.807, 2.05) is 58.3 Å². The topological polar surface area (TPSA) is 54.8 Å². The molecule has 2 amide bonds. The number of hydrogen-bond acceptors (Lipinski definition) is 3. The Morgan fingerprint density at radius 3 is 2.28 bits per heavy atom. The highest BCUT2D eigenvalue weighted by Crippen LogP contribution is 2.21. The lowest BCUT2D eigenvalue weighted by Gasteiger charge is -2.35. The standard InChI is InChI=1S/C19H21N3O3/c23-18(15-3-5-16(6-4-15)20-9-1-2-10-20)21-11-7-17(8-12-21)22-13-14-25-19(22)24/h1-6,9-10,17H,7-8,11-14H2. The summed E-state index contributed by atoms with van der Waals surface area (Å²) < 4.78 is 7.02. The Labute approximate surface area is 146 Å². The van der Waals surface area contributed by atoms with Crippen LogP contribution in [-0.2, 0) is 4.74 Å². The van der Waals surface area contributed by atoms with Crippen molar-refractivity contribution in [2.24, 2.45) is 0 Å². The molecule has 0 N–H and O–H groups in total. The molecule has 1 aromatic carbocycles. The second-order valence-electron chi connectivity index (χ2n) is 6.47. The van der Waals surface area contributed by atoms with Crippen molar-refractivity contribution in [3.8, 4) is 5.69 Å². The lowest BCUT2D eigenvalue weighted by molar-refractivity contribution is 0.0658. The molecule has 0 radical (unpaired) electrons. The van der Waals surface area contributed by atoms with Crippen molar-refractivity contribution in [1.29, 1.82) is 0 Å². The van der Waals surface area contributed by atoms with E-state index in [0.717, 1.165) is 18.5 Å². The minimum Gasteiger partial charge on any atom is -0.448 e. The van der Waals surface area contributed by atoms with E-state index >= 15 is 0 Å². The van der Waals surface area contributed by atoms with Crippen molar-refractivity contribution in [1.82, 2.24) is 14.4 Å². The zero-order valence-corrected chi connectivity index (χ0v) is 14.0. The van der Waals surface area contributed by atoms with Gasteiger partial charge in [-0.2, -0.15) is 0 Å². The molecular weight excluding hydrogens is 318 g/mol. The Kier molecular flexibility index (Phi) is 4.17. The molecule has 6 nitrogen and oxygen atoms in total. The molecule has 0 saturated carbocycles. The highest BCUT2D eigenvalue weighted by molar-refractivity contribution is 5.94. The Morgan fingerprint density at radius 2 is 1.68 bits per heavy atom. The van der Waals surface area contributed by atoms with Crippen LogP contribution >= 0.6 is 0 Å². The lowest BCUT2D eigenvalue weighted by atomic mass is 10.0. The molecule has 4 rings (SSSR count). The van der Waals surface area contributed by atoms with Crippen LogP contribution in [-0.4, -0.2) is 58.7 Å². The van der Waals surface area contributed by atoms with Gasteiger partial charge in [0.25, 0.3) is 5.91 Å². The Hall–Kier alpha value is -2.76. The van der Waals surface area contributed by atoms with Gasteiger partial charge in [0, 0.05) is 42.8 Å². The zero-order valence-electron chi connectivity index (χ0n) is 14.0. The van der Waals surface area contributed by atoms with Crippen LogP contribution in [0.25, 0.3) is 5.69 Å². The van der Waals surface area contributed by atoms with Crippen molar-refractivity contribution in [3.63, 3.8) is 0 Å². The van der Waals surface area contributed by atoms with E-state index in [0.29, 0.717) is 31.8 Å². The van der Waals surface area contributed by atoms with Crippen molar-refractivity contribution < 1.29 is 14.3 Å². The number of piperidine rings is 1. The van der Waals surface area contributed by atoms with Crippen molar-refractivity contribution in [3.05, 3.63) is 54.4 Å².